The molecule has 142 valence electrons. The highest BCUT2D eigenvalue weighted by Gasteiger charge is 2.34. The van der Waals surface area contributed by atoms with Crippen molar-refractivity contribution < 1.29 is 9.90 Å². The summed E-state index contributed by atoms with van der Waals surface area (Å²) in [6, 6.07) is 8.00. The van der Waals surface area contributed by atoms with Crippen molar-refractivity contribution in [2.45, 2.75) is 70.6 Å². The number of hydrogen-bond acceptors (Lipinski definition) is 2. The lowest BCUT2D eigenvalue weighted by Crippen LogP contribution is -2.45. The van der Waals surface area contributed by atoms with Crippen molar-refractivity contribution in [1.82, 2.24) is 4.90 Å². The molecule has 0 saturated carbocycles. The first-order valence-electron chi connectivity index (χ1n) is 9.54. The van der Waals surface area contributed by atoms with Gasteiger partial charge in [-0.2, -0.15) is 0 Å². The first-order chi connectivity index (χ1) is 12.5. The molecule has 2 rings (SSSR count). The lowest BCUT2D eigenvalue weighted by atomic mass is 9.90. The second-order valence-electron chi connectivity index (χ2n) is 7.08. The van der Waals surface area contributed by atoms with Crippen LogP contribution in [0.3, 0.4) is 0 Å². The Labute approximate surface area is 162 Å². The van der Waals surface area contributed by atoms with E-state index in [9.17, 15) is 9.90 Å². The maximum Gasteiger partial charge on any atom is 0.250 e. The van der Waals surface area contributed by atoms with E-state index in [-0.39, 0.29) is 24.1 Å². The lowest BCUT2D eigenvalue weighted by molar-refractivity contribution is -0.133. The van der Waals surface area contributed by atoms with Gasteiger partial charge in [0.05, 0.1) is 12.1 Å². The van der Waals surface area contributed by atoms with Crippen LogP contribution in [-0.2, 0) is 4.79 Å². The third-order valence-electron chi connectivity index (χ3n) is 5.08. The van der Waals surface area contributed by atoms with Gasteiger partial charge in [-0.1, -0.05) is 42.8 Å². The van der Waals surface area contributed by atoms with Gasteiger partial charge in [-0.05, 0) is 63.1 Å². The van der Waals surface area contributed by atoms with E-state index in [1.54, 1.807) is 6.08 Å². The molecule has 0 radical (unpaired) electrons. The fourth-order valence-electron chi connectivity index (χ4n) is 3.68. The predicted octanol–water partition coefficient (Wildman–Crippen LogP) is 5.45. The van der Waals surface area contributed by atoms with E-state index in [0.29, 0.717) is 11.4 Å². The monoisotopic (exact) mass is 375 g/mol. The Morgan fingerprint density at radius 3 is 2.62 bits per heavy atom. The van der Waals surface area contributed by atoms with Crippen molar-refractivity contribution in [3.05, 3.63) is 59.2 Å². The number of allylic oxidation sites excluding steroid dienone is 1. The Bertz CT molecular complexity index is 636. The predicted molar refractivity (Wildman–Crippen MR) is 108 cm³/mol. The van der Waals surface area contributed by atoms with E-state index in [1.165, 1.54) is 0 Å². The van der Waals surface area contributed by atoms with E-state index in [2.05, 4.69) is 24.5 Å². The first-order valence-corrected chi connectivity index (χ1v) is 9.91. The van der Waals surface area contributed by atoms with Crippen molar-refractivity contribution in [2.75, 3.05) is 0 Å². The fourth-order valence-corrected chi connectivity index (χ4v) is 3.80. The van der Waals surface area contributed by atoms with Crippen molar-refractivity contribution >= 4 is 17.5 Å². The van der Waals surface area contributed by atoms with Gasteiger partial charge in [0.2, 0.25) is 0 Å². The van der Waals surface area contributed by atoms with Crippen LogP contribution in [-0.4, -0.2) is 28.1 Å². The number of hydrogen-bond donors (Lipinski definition) is 1. The SMILES string of the molecule is C=CCC1=CCC(c2ccc(Cl)cc2)N(C(CC)CCCC(C)O)C1=O. The van der Waals surface area contributed by atoms with Crippen LogP contribution in [0.25, 0.3) is 0 Å². The number of amides is 1. The number of nitrogens with zero attached hydrogens (tertiary/aromatic N) is 1. The minimum Gasteiger partial charge on any atom is -0.393 e. The van der Waals surface area contributed by atoms with Gasteiger partial charge in [-0.15, -0.1) is 6.58 Å². The Hall–Kier alpha value is -1.58. The van der Waals surface area contributed by atoms with E-state index >= 15 is 0 Å². The van der Waals surface area contributed by atoms with Crippen LogP contribution in [0.15, 0.2) is 48.6 Å². The molecule has 0 aromatic heterocycles. The van der Waals surface area contributed by atoms with E-state index in [4.69, 9.17) is 11.6 Å². The molecular weight excluding hydrogens is 346 g/mol. The molecular formula is C22H30ClNO2. The second kappa shape index (κ2) is 9.94. The molecule has 3 nitrogen and oxygen atoms in total. The van der Waals surface area contributed by atoms with E-state index in [1.807, 2.05) is 31.2 Å². The number of rotatable bonds is 9. The number of aliphatic hydroxyl groups excluding tert-OH is 1. The Balaban J connectivity index is 2.29. The van der Waals surface area contributed by atoms with Crippen LogP contribution in [0.4, 0.5) is 0 Å². The van der Waals surface area contributed by atoms with Gasteiger partial charge >= 0.3 is 0 Å². The number of benzene rings is 1. The first kappa shape index (κ1) is 20.7. The standard InChI is InChI=1S/C22H30ClNO2/c1-4-7-18-12-15-21(17-10-13-19(23)14-11-17)24(22(18)26)20(5-2)9-6-8-16(3)25/h4,10-14,16,20-21,25H,1,5-9,15H2,2-3H3. The maximum atomic E-state index is 13.2. The van der Waals surface area contributed by atoms with Gasteiger partial charge in [0.1, 0.15) is 0 Å². The summed E-state index contributed by atoms with van der Waals surface area (Å²) in [4.78, 5) is 15.3. The van der Waals surface area contributed by atoms with Crippen molar-refractivity contribution in [3.63, 3.8) is 0 Å². The van der Waals surface area contributed by atoms with Crippen LogP contribution in [0.1, 0.15) is 64.0 Å². The molecule has 1 aromatic rings. The number of aliphatic hydroxyl groups is 1. The molecule has 0 fully saturated rings. The van der Waals surface area contributed by atoms with Crippen LogP contribution in [0.2, 0.25) is 5.02 Å². The van der Waals surface area contributed by atoms with Crippen molar-refractivity contribution in [1.29, 1.82) is 0 Å². The Morgan fingerprint density at radius 2 is 2.04 bits per heavy atom. The average Bonchev–Trinajstić information content (AvgIpc) is 2.61. The highest BCUT2D eigenvalue weighted by atomic mass is 35.5. The van der Waals surface area contributed by atoms with E-state index < -0.39 is 0 Å². The minimum atomic E-state index is -0.298. The molecule has 3 unspecified atom stereocenters. The van der Waals surface area contributed by atoms with Gasteiger partial charge in [0.15, 0.2) is 0 Å². The molecule has 1 aromatic carbocycles. The van der Waals surface area contributed by atoms with Crippen LogP contribution in [0, 0.1) is 0 Å². The minimum absolute atomic E-state index is 0.0323. The summed E-state index contributed by atoms with van der Waals surface area (Å²) in [5.41, 5.74) is 1.95. The molecule has 0 spiro atoms. The Morgan fingerprint density at radius 1 is 1.35 bits per heavy atom. The molecule has 26 heavy (non-hydrogen) atoms. The van der Waals surface area contributed by atoms with Gasteiger partial charge < -0.3 is 10.0 Å². The van der Waals surface area contributed by atoms with Crippen molar-refractivity contribution in [2.24, 2.45) is 0 Å². The quantitative estimate of drug-likeness (QED) is 0.583. The van der Waals surface area contributed by atoms with Crippen LogP contribution >= 0.6 is 11.6 Å². The summed E-state index contributed by atoms with van der Waals surface area (Å²) in [5, 5.41) is 10.3. The normalized spacial score (nSPS) is 19.8. The topological polar surface area (TPSA) is 40.5 Å². The third-order valence-corrected chi connectivity index (χ3v) is 5.33. The van der Waals surface area contributed by atoms with E-state index in [0.717, 1.165) is 43.2 Å². The molecule has 1 heterocycles. The summed E-state index contributed by atoms with van der Waals surface area (Å²) in [6.45, 7) is 7.72. The zero-order valence-corrected chi connectivity index (χ0v) is 16.6. The van der Waals surface area contributed by atoms with Gasteiger partial charge in [0, 0.05) is 16.6 Å². The summed E-state index contributed by atoms with van der Waals surface area (Å²) >= 11 is 6.04. The van der Waals surface area contributed by atoms with Crippen LogP contribution < -0.4 is 0 Å². The third kappa shape index (κ3) is 5.21. The number of halogens is 1. The highest BCUT2D eigenvalue weighted by molar-refractivity contribution is 6.30. The fraction of sp³-hybridized carbons (Fsp3) is 0.500. The van der Waals surface area contributed by atoms with Crippen molar-refractivity contribution in [3.8, 4) is 0 Å². The molecule has 1 N–H and O–H groups in total. The molecule has 4 heteroatoms. The molecule has 0 bridgehead atoms. The average molecular weight is 376 g/mol. The van der Waals surface area contributed by atoms with Gasteiger partial charge in [0.25, 0.3) is 5.91 Å². The molecule has 1 aliphatic heterocycles. The second-order valence-corrected chi connectivity index (χ2v) is 7.52. The van der Waals surface area contributed by atoms with Crippen LogP contribution in [0.5, 0.6) is 0 Å². The summed E-state index contributed by atoms with van der Waals surface area (Å²) < 4.78 is 0. The molecule has 3 atom stereocenters. The number of carbonyl (C=O) groups excluding carboxylic acids is 1. The van der Waals surface area contributed by atoms with Gasteiger partial charge in [-0.25, -0.2) is 0 Å². The zero-order chi connectivity index (χ0) is 19.1. The molecule has 0 aliphatic carbocycles. The Kier molecular flexibility index (Phi) is 7.92. The lowest BCUT2D eigenvalue weighted by Gasteiger charge is -2.41. The highest BCUT2D eigenvalue weighted by Crippen LogP contribution is 2.36. The van der Waals surface area contributed by atoms with Gasteiger partial charge in [-0.3, -0.25) is 4.79 Å². The number of carbonyl (C=O) groups is 1. The molecule has 1 amide bonds. The summed E-state index contributed by atoms with van der Waals surface area (Å²) in [6.07, 6.45) is 8.44. The maximum absolute atomic E-state index is 13.2. The largest absolute Gasteiger partial charge is 0.393 e. The molecule has 0 saturated heterocycles. The zero-order valence-electron chi connectivity index (χ0n) is 15.8. The molecule has 1 aliphatic rings. The summed E-state index contributed by atoms with van der Waals surface area (Å²) in [5.74, 6) is 0.111. The smallest absolute Gasteiger partial charge is 0.250 e. The summed E-state index contributed by atoms with van der Waals surface area (Å²) in [7, 11) is 0.